The van der Waals surface area contributed by atoms with Crippen LogP contribution in [0.25, 0.3) is 43.1 Å². The Morgan fingerprint density at radius 1 is 0.500 bits per heavy atom. The van der Waals surface area contributed by atoms with Crippen molar-refractivity contribution in [3.63, 3.8) is 0 Å². The van der Waals surface area contributed by atoms with Crippen LogP contribution in [-0.2, 0) is 11.2 Å². The summed E-state index contributed by atoms with van der Waals surface area (Å²) in [5, 5.41) is 10.9. The Bertz CT molecular complexity index is 1430. The van der Waals surface area contributed by atoms with Gasteiger partial charge < -0.3 is 4.74 Å². The fraction of sp³-hybridized carbons (Fsp3) is 0.103. The monoisotopic (exact) mass is 384 g/mol. The molecule has 6 aromatic carbocycles. The minimum atomic E-state index is 0.397. The average Bonchev–Trinajstić information content (AvgIpc) is 3.58. The Labute approximate surface area is 174 Å². The summed E-state index contributed by atoms with van der Waals surface area (Å²) in [7, 11) is 0. The first-order chi connectivity index (χ1) is 14.9. The first-order valence-electron chi connectivity index (χ1n) is 10.7. The highest BCUT2D eigenvalue weighted by Crippen LogP contribution is 2.48. The fourth-order valence-corrected chi connectivity index (χ4v) is 5.31. The molecule has 1 aliphatic heterocycles. The van der Waals surface area contributed by atoms with Gasteiger partial charge in [0.15, 0.2) is 0 Å². The van der Waals surface area contributed by atoms with E-state index < -0.39 is 0 Å². The molecule has 0 saturated carbocycles. The highest BCUT2D eigenvalue weighted by Gasteiger charge is 2.44. The van der Waals surface area contributed by atoms with E-state index in [9.17, 15) is 0 Å². The molecule has 1 fully saturated rings. The number of epoxide rings is 1. The lowest BCUT2D eigenvalue weighted by molar-refractivity contribution is 0.376. The summed E-state index contributed by atoms with van der Waals surface area (Å²) in [5.41, 5.74) is 2.85. The van der Waals surface area contributed by atoms with E-state index >= 15 is 0 Å². The van der Waals surface area contributed by atoms with Crippen LogP contribution in [0.2, 0.25) is 0 Å². The number of fused-ring (bicyclic) bond motifs is 2. The van der Waals surface area contributed by atoms with Crippen molar-refractivity contribution in [2.24, 2.45) is 0 Å². The molecule has 0 aromatic heterocycles. The van der Waals surface area contributed by atoms with Gasteiger partial charge in [0.05, 0.1) is 6.10 Å². The molecule has 0 spiro atoms. The van der Waals surface area contributed by atoms with Gasteiger partial charge in [-0.1, -0.05) is 97.1 Å². The Balaban J connectivity index is 0.000000109. The predicted octanol–water partition coefficient (Wildman–Crippen LogP) is 7.42. The molecule has 6 aromatic rings. The molecular formula is C29H20O. The molecule has 0 radical (unpaired) electrons. The van der Waals surface area contributed by atoms with Crippen LogP contribution in [0.15, 0.2) is 97.1 Å². The molecule has 1 aliphatic carbocycles. The van der Waals surface area contributed by atoms with Gasteiger partial charge >= 0.3 is 0 Å². The molecule has 0 bridgehead atoms. The summed E-state index contributed by atoms with van der Waals surface area (Å²) in [6.07, 6.45) is 1.96. The van der Waals surface area contributed by atoms with E-state index in [0.29, 0.717) is 12.2 Å². The van der Waals surface area contributed by atoms with Crippen LogP contribution in [-0.4, -0.2) is 6.10 Å². The molecule has 1 saturated heterocycles. The summed E-state index contributed by atoms with van der Waals surface area (Å²) < 4.78 is 5.65. The third kappa shape index (κ3) is 2.33. The molecule has 30 heavy (non-hydrogen) atoms. The Morgan fingerprint density at radius 3 is 1.53 bits per heavy atom. The zero-order valence-electron chi connectivity index (χ0n) is 16.5. The molecule has 2 aliphatic rings. The third-order valence-corrected chi connectivity index (χ3v) is 6.73. The number of ether oxygens (including phenoxy) is 1. The zero-order chi connectivity index (χ0) is 19.7. The lowest BCUT2D eigenvalue weighted by Gasteiger charge is -2.13. The summed E-state index contributed by atoms with van der Waals surface area (Å²) in [6.45, 7) is 0. The Kier molecular flexibility index (Phi) is 3.30. The van der Waals surface area contributed by atoms with Gasteiger partial charge in [0.2, 0.25) is 0 Å². The molecule has 1 heteroatoms. The van der Waals surface area contributed by atoms with E-state index in [1.165, 1.54) is 54.2 Å². The first kappa shape index (κ1) is 16.4. The van der Waals surface area contributed by atoms with Crippen LogP contribution in [0.5, 0.6) is 0 Å². The molecule has 1 heterocycles. The first-order valence-corrected chi connectivity index (χ1v) is 10.7. The highest BCUT2D eigenvalue weighted by atomic mass is 16.6. The predicted molar refractivity (Wildman–Crippen MR) is 125 cm³/mol. The normalized spacial score (nSPS) is 19.1. The summed E-state index contributed by atoms with van der Waals surface area (Å²) >= 11 is 0. The topological polar surface area (TPSA) is 12.5 Å². The van der Waals surface area contributed by atoms with Gasteiger partial charge in [0.1, 0.15) is 6.10 Å². The van der Waals surface area contributed by atoms with Gasteiger partial charge in [0, 0.05) is 6.42 Å². The molecule has 142 valence electrons. The second-order valence-corrected chi connectivity index (χ2v) is 8.45. The molecule has 1 nitrogen and oxygen atoms in total. The molecule has 8 rings (SSSR count). The van der Waals surface area contributed by atoms with Gasteiger partial charge in [-0.3, -0.25) is 0 Å². The van der Waals surface area contributed by atoms with Gasteiger partial charge in [-0.15, -0.1) is 0 Å². The average molecular weight is 384 g/mol. The van der Waals surface area contributed by atoms with Crippen molar-refractivity contribution in [1.29, 1.82) is 0 Å². The fourth-order valence-electron chi connectivity index (χ4n) is 5.31. The largest absolute Gasteiger partial charge is 0.364 e. The summed E-state index contributed by atoms with van der Waals surface area (Å²) in [6, 6.07) is 34.9. The van der Waals surface area contributed by atoms with Crippen molar-refractivity contribution in [3.8, 4) is 0 Å². The van der Waals surface area contributed by atoms with Crippen molar-refractivity contribution in [1.82, 2.24) is 0 Å². The maximum atomic E-state index is 5.65. The van der Waals surface area contributed by atoms with Gasteiger partial charge in [-0.25, -0.2) is 0 Å². The Hall–Kier alpha value is -3.42. The summed E-state index contributed by atoms with van der Waals surface area (Å²) in [5.74, 6) is 0. The standard InChI is InChI=1S/C16H10.C13H10O/c1-3-11-7-9-13-5-2-6-14-10-8-12(4-1)15(11)16(13)14;1-3-8-4-2-6-10-12(8)9(5-1)7-11-13(10)14-11/h1-10H;1-6,11,13H,7H2. The summed E-state index contributed by atoms with van der Waals surface area (Å²) in [4.78, 5) is 0. The van der Waals surface area contributed by atoms with Crippen molar-refractivity contribution in [3.05, 3.63) is 108 Å². The zero-order valence-corrected chi connectivity index (χ0v) is 16.5. The SMILES string of the molecule is c1cc2c3c(cccc3c1)C1OC1C2.c1cc2ccc3cccc4ccc(c1)c2c34. The number of hydrogen-bond donors (Lipinski definition) is 0. The molecular weight excluding hydrogens is 364 g/mol. The third-order valence-electron chi connectivity index (χ3n) is 6.73. The lowest BCUT2D eigenvalue weighted by Crippen LogP contribution is -2.03. The van der Waals surface area contributed by atoms with E-state index in [0.717, 1.165) is 6.42 Å². The number of rotatable bonds is 0. The second kappa shape index (κ2) is 6.04. The smallest absolute Gasteiger partial charge is 0.110 e. The molecule has 2 unspecified atom stereocenters. The minimum Gasteiger partial charge on any atom is -0.364 e. The van der Waals surface area contributed by atoms with Crippen LogP contribution in [0, 0.1) is 0 Å². The van der Waals surface area contributed by atoms with E-state index in [-0.39, 0.29) is 0 Å². The van der Waals surface area contributed by atoms with Crippen molar-refractivity contribution >= 4 is 43.1 Å². The van der Waals surface area contributed by atoms with Crippen LogP contribution in [0.1, 0.15) is 17.2 Å². The van der Waals surface area contributed by atoms with Gasteiger partial charge in [-0.2, -0.15) is 0 Å². The minimum absolute atomic E-state index is 0.397. The quantitative estimate of drug-likeness (QED) is 0.196. The number of benzene rings is 6. The van der Waals surface area contributed by atoms with Gasteiger partial charge in [-0.05, 0) is 54.2 Å². The lowest BCUT2D eigenvalue weighted by atomic mass is 9.89. The number of hydrogen-bond acceptors (Lipinski definition) is 1. The van der Waals surface area contributed by atoms with Gasteiger partial charge in [0.25, 0.3) is 0 Å². The maximum absolute atomic E-state index is 5.65. The van der Waals surface area contributed by atoms with Crippen LogP contribution < -0.4 is 0 Å². The highest BCUT2D eigenvalue weighted by molar-refractivity contribution is 6.22. The van der Waals surface area contributed by atoms with E-state index in [1.54, 1.807) is 0 Å². The van der Waals surface area contributed by atoms with Crippen LogP contribution in [0.4, 0.5) is 0 Å². The van der Waals surface area contributed by atoms with Crippen molar-refractivity contribution in [2.45, 2.75) is 18.6 Å². The van der Waals surface area contributed by atoms with Crippen molar-refractivity contribution in [2.75, 3.05) is 0 Å². The van der Waals surface area contributed by atoms with E-state index in [2.05, 4.69) is 97.1 Å². The maximum Gasteiger partial charge on any atom is 0.110 e. The Morgan fingerprint density at radius 2 is 0.967 bits per heavy atom. The molecule has 0 amide bonds. The van der Waals surface area contributed by atoms with Crippen LogP contribution in [0.3, 0.4) is 0 Å². The van der Waals surface area contributed by atoms with E-state index in [1.807, 2.05) is 0 Å². The van der Waals surface area contributed by atoms with E-state index in [4.69, 9.17) is 4.74 Å². The van der Waals surface area contributed by atoms with Crippen LogP contribution >= 0.6 is 0 Å². The molecule has 2 atom stereocenters. The molecule has 0 N–H and O–H groups in total. The second-order valence-electron chi connectivity index (χ2n) is 8.45. The van der Waals surface area contributed by atoms with Crippen molar-refractivity contribution < 1.29 is 4.74 Å².